The smallest absolute Gasteiger partial charge is 0.283 e. The van der Waals surface area contributed by atoms with E-state index >= 15 is 0 Å². The van der Waals surface area contributed by atoms with Crippen LogP contribution in [0, 0.1) is 0 Å². The lowest BCUT2D eigenvalue weighted by Crippen LogP contribution is -2.40. The number of aliphatic hydroxyl groups excluding tert-OH is 1. The van der Waals surface area contributed by atoms with Crippen LogP contribution in [0.25, 0.3) is 0 Å². The molecular formula is C7H15F2NO4S. The van der Waals surface area contributed by atoms with Crippen LogP contribution < -0.4 is 4.72 Å². The number of sulfonamides is 1. The van der Waals surface area contributed by atoms with Gasteiger partial charge in [-0.05, 0) is 6.92 Å². The number of nitrogens with one attached hydrogen (secondary N) is 1. The minimum Gasteiger partial charge on any atom is -0.390 e. The Morgan fingerprint density at radius 2 is 2.07 bits per heavy atom. The summed E-state index contributed by atoms with van der Waals surface area (Å²) in [6, 6.07) is 0. The van der Waals surface area contributed by atoms with Crippen LogP contribution in [0.1, 0.15) is 6.92 Å². The highest BCUT2D eigenvalue weighted by Gasteiger charge is 2.29. The maximum absolute atomic E-state index is 12.5. The number of rotatable bonds is 8. The summed E-state index contributed by atoms with van der Waals surface area (Å²) in [5, 5.41) is 8.20. The summed E-state index contributed by atoms with van der Waals surface area (Å²) in [5.74, 6) is -3.80. The monoisotopic (exact) mass is 247 g/mol. The molecular weight excluding hydrogens is 232 g/mol. The van der Waals surface area contributed by atoms with E-state index in [0.717, 1.165) is 0 Å². The molecule has 0 unspecified atom stereocenters. The molecule has 0 radical (unpaired) electrons. The van der Waals surface area contributed by atoms with Gasteiger partial charge in [0.1, 0.15) is 6.61 Å². The van der Waals surface area contributed by atoms with Gasteiger partial charge in [0.25, 0.3) is 5.92 Å². The fourth-order valence-corrected chi connectivity index (χ4v) is 1.57. The summed E-state index contributed by atoms with van der Waals surface area (Å²) in [6.07, 6.45) is 0. The van der Waals surface area contributed by atoms with Crippen molar-refractivity contribution < 1.29 is 27.0 Å². The first-order chi connectivity index (χ1) is 6.83. The molecule has 0 aliphatic heterocycles. The Bertz CT molecular complexity index is 268. The van der Waals surface area contributed by atoms with Gasteiger partial charge in [-0.2, -0.15) is 0 Å². The van der Waals surface area contributed by atoms with Crippen molar-refractivity contribution in [2.24, 2.45) is 0 Å². The van der Waals surface area contributed by atoms with Gasteiger partial charge >= 0.3 is 0 Å². The Hall–Kier alpha value is -0.310. The highest BCUT2D eigenvalue weighted by molar-refractivity contribution is 7.89. The van der Waals surface area contributed by atoms with Gasteiger partial charge in [0.15, 0.2) is 0 Å². The molecule has 0 aromatic carbocycles. The van der Waals surface area contributed by atoms with Crippen molar-refractivity contribution in [1.29, 1.82) is 0 Å². The second-order valence-corrected chi connectivity index (χ2v) is 4.78. The van der Waals surface area contributed by atoms with Gasteiger partial charge in [0.2, 0.25) is 10.0 Å². The molecule has 0 saturated carbocycles. The zero-order chi connectivity index (χ0) is 11.9. The number of hydrogen-bond donors (Lipinski definition) is 2. The normalized spacial score (nSPS) is 13.1. The Balaban J connectivity index is 3.94. The molecule has 0 spiro atoms. The zero-order valence-electron chi connectivity index (χ0n) is 8.37. The Kier molecular flexibility index (Phi) is 6.18. The average Bonchev–Trinajstić information content (AvgIpc) is 2.16. The van der Waals surface area contributed by atoms with E-state index in [4.69, 9.17) is 9.84 Å². The lowest BCUT2D eigenvalue weighted by molar-refractivity contribution is -0.0437. The molecule has 0 aliphatic rings. The third-order valence-corrected chi connectivity index (χ3v) is 2.77. The minimum atomic E-state index is -3.76. The zero-order valence-corrected chi connectivity index (χ0v) is 9.19. The van der Waals surface area contributed by atoms with Crippen molar-refractivity contribution in [1.82, 2.24) is 4.72 Å². The van der Waals surface area contributed by atoms with Crippen molar-refractivity contribution in [2.45, 2.75) is 12.8 Å². The van der Waals surface area contributed by atoms with Crippen LogP contribution in [0.15, 0.2) is 0 Å². The fraction of sp³-hybridized carbons (Fsp3) is 1.00. The lowest BCUT2D eigenvalue weighted by atomic mass is 10.4. The molecule has 0 amide bonds. The highest BCUT2D eigenvalue weighted by Crippen LogP contribution is 2.10. The molecule has 0 rings (SSSR count). The predicted molar refractivity (Wildman–Crippen MR) is 50.3 cm³/mol. The number of aliphatic hydroxyl groups is 1. The third-order valence-electron chi connectivity index (χ3n) is 1.48. The van der Waals surface area contributed by atoms with Crippen molar-refractivity contribution in [3.8, 4) is 0 Å². The largest absolute Gasteiger partial charge is 0.390 e. The minimum absolute atomic E-state index is 0.0451. The van der Waals surface area contributed by atoms with Crippen LogP contribution >= 0.6 is 0 Å². The van der Waals surface area contributed by atoms with Crippen molar-refractivity contribution >= 4 is 10.0 Å². The second-order valence-electron chi connectivity index (χ2n) is 2.85. The molecule has 0 aromatic heterocycles. The number of ether oxygens (including phenoxy) is 1. The van der Waals surface area contributed by atoms with Crippen LogP contribution in [0.3, 0.4) is 0 Å². The van der Waals surface area contributed by atoms with Crippen LogP contribution in [-0.4, -0.2) is 51.6 Å². The summed E-state index contributed by atoms with van der Waals surface area (Å²) in [6.45, 7) is -0.474. The average molecular weight is 247 g/mol. The molecule has 0 atom stereocenters. The number of hydrogen-bond acceptors (Lipinski definition) is 4. The number of alkyl halides is 2. The SMILES string of the molecule is CCOCCS(=O)(=O)NCC(F)(F)CO. The van der Waals surface area contributed by atoms with Crippen molar-refractivity contribution in [2.75, 3.05) is 32.1 Å². The maximum atomic E-state index is 12.5. The molecule has 8 heteroatoms. The second kappa shape index (κ2) is 6.31. The van der Waals surface area contributed by atoms with Gasteiger partial charge in [-0.1, -0.05) is 0 Å². The first-order valence-corrected chi connectivity index (χ1v) is 6.02. The Labute approximate surface area is 87.5 Å². The molecule has 15 heavy (non-hydrogen) atoms. The van der Waals surface area contributed by atoms with Crippen LogP contribution in [-0.2, 0) is 14.8 Å². The van der Waals surface area contributed by atoms with E-state index in [0.29, 0.717) is 6.61 Å². The van der Waals surface area contributed by atoms with Crippen molar-refractivity contribution in [3.63, 3.8) is 0 Å². The highest BCUT2D eigenvalue weighted by atomic mass is 32.2. The van der Waals surface area contributed by atoms with Crippen molar-refractivity contribution in [3.05, 3.63) is 0 Å². The standard InChI is InChI=1S/C7H15F2NO4S/c1-2-14-3-4-15(12,13)10-5-7(8,9)6-11/h10-11H,2-6H2,1H3. The first kappa shape index (κ1) is 14.7. The molecule has 5 nitrogen and oxygen atoms in total. The number of halogens is 2. The first-order valence-electron chi connectivity index (χ1n) is 4.37. The summed E-state index contributed by atoms with van der Waals surface area (Å²) in [4.78, 5) is 0. The molecule has 0 aromatic rings. The van der Waals surface area contributed by atoms with E-state index in [9.17, 15) is 17.2 Å². The topological polar surface area (TPSA) is 75.6 Å². The molecule has 0 heterocycles. The molecule has 0 bridgehead atoms. The molecule has 0 aliphatic carbocycles. The Morgan fingerprint density at radius 1 is 1.47 bits per heavy atom. The maximum Gasteiger partial charge on any atom is 0.283 e. The van der Waals surface area contributed by atoms with Crippen LogP contribution in [0.2, 0.25) is 0 Å². The third kappa shape index (κ3) is 7.60. The summed E-state index contributed by atoms with van der Waals surface area (Å²) in [7, 11) is -3.76. The van der Waals surface area contributed by atoms with E-state index in [1.165, 1.54) is 0 Å². The van der Waals surface area contributed by atoms with Crippen LogP contribution in [0.5, 0.6) is 0 Å². The van der Waals surface area contributed by atoms with Crippen LogP contribution in [0.4, 0.5) is 8.78 Å². The van der Waals surface area contributed by atoms with Gasteiger partial charge < -0.3 is 9.84 Å². The van der Waals surface area contributed by atoms with E-state index in [1.807, 2.05) is 0 Å². The van der Waals surface area contributed by atoms with E-state index in [-0.39, 0.29) is 12.4 Å². The molecule has 0 saturated heterocycles. The van der Waals surface area contributed by atoms with Gasteiger partial charge in [0.05, 0.1) is 18.9 Å². The molecule has 0 fully saturated rings. The van der Waals surface area contributed by atoms with Gasteiger partial charge in [0, 0.05) is 6.61 Å². The van der Waals surface area contributed by atoms with E-state index in [1.54, 1.807) is 11.6 Å². The summed E-state index contributed by atoms with van der Waals surface area (Å²) < 4.78 is 53.5. The Morgan fingerprint density at radius 3 is 2.53 bits per heavy atom. The summed E-state index contributed by atoms with van der Waals surface area (Å²) >= 11 is 0. The van der Waals surface area contributed by atoms with E-state index < -0.39 is 29.1 Å². The fourth-order valence-electron chi connectivity index (χ4n) is 0.657. The van der Waals surface area contributed by atoms with Gasteiger partial charge in [-0.25, -0.2) is 21.9 Å². The van der Waals surface area contributed by atoms with Gasteiger partial charge in [-0.3, -0.25) is 0 Å². The van der Waals surface area contributed by atoms with E-state index in [2.05, 4.69) is 0 Å². The molecule has 2 N–H and O–H groups in total. The van der Waals surface area contributed by atoms with Gasteiger partial charge in [-0.15, -0.1) is 0 Å². The molecule has 92 valence electrons. The summed E-state index contributed by atoms with van der Waals surface area (Å²) in [5.41, 5.74) is 0. The lowest BCUT2D eigenvalue weighted by Gasteiger charge is -2.14. The quantitative estimate of drug-likeness (QED) is 0.571. The predicted octanol–water partition coefficient (Wildman–Crippen LogP) is -0.430.